The molecule has 2 aromatic rings. The van der Waals surface area contributed by atoms with E-state index < -0.39 is 0 Å². The Morgan fingerprint density at radius 3 is 2.55 bits per heavy atom. The first-order valence-electron chi connectivity index (χ1n) is 7.76. The van der Waals surface area contributed by atoms with E-state index in [1.807, 2.05) is 30.3 Å². The SMILES string of the molecule is O=C(NCCc1ccoc1)C1(c2ccc(Cl)cc2)CCCC1. The molecule has 22 heavy (non-hydrogen) atoms. The van der Waals surface area contributed by atoms with Crippen LogP contribution in [-0.4, -0.2) is 12.5 Å². The number of nitrogens with one attached hydrogen (secondary N) is 1. The van der Waals surface area contributed by atoms with Gasteiger partial charge in [-0.3, -0.25) is 4.79 Å². The molecular formula is C18H20ClNO2. The molecule has 4 heteroatoms. The van der Waals surface area contributed by atoms with Gasteiger partial charge in [0.25, 0.3) is 0 Å². The third-order valence-corrected chi connectivity index (χ3v) is 4.82. The second kappa shape index (κ2) is 6.57. The number of rotatable bonds is 5. The highest BCUT2D eigenvalue weighted by Gasteiger charge is 2.42. The summed E-state index contributed by atoms with van der Waals surface area (Å²) in [7, 11) is 0. The molecule has 1 fully saturated rings. The molecule has 3 nitrogen and oxygen atoms in total. The largest absolute Gasteiger partial charge is 0.472 e. The summed E-state index contributed by atoms with van der Waals surface area (Å²) in [5.74, 6) is 0.135. The molecule has 0 aliphatic heterocycles. The van der Waals surface area contributed by atoms with Crippen LogP contribution in [0.15, 0.2) is 47.3 Å². The topological polar surface area (TPSA) is 42.2 Å². The number of carbonyl (C=O) groups is 1. The molecule has 1 amide bonds. The Hall–Kier alpha value is -1.74. The molecule has 1 aromatic heterocycles. The van der Waals surface area contributed by atoms with Crippen LogP contribution in [-0.2, 0) is 16.6 Å². The van der Waals surface area contributed by atoms with Crippen LogP contribution in [0.3, 0.4) is 0 Å². The van der Waals surface area contributed by atoms with E-state index in [9.17, 15) is 4.79 Å². The first-order chi connectivity index (χ1) is 10.7. The maximum atomic E-state index is 12.8. The average molecular weight is 318 g/mol. The number of halogens is 1. The summed E-state index contributed by atoms with van der Waals surface area (Å²) in [5.41, 5.74) is 1.79. The van der Waals surface area contributed by atoms with Crippen molar-refractivity contribution in [2.45, 2.75) is 37.5 Å². The lowest BCUT2D eigenvalue weighted by atomic mass is 9.78. The predicted molar refractivity (Wildman–Crippen MR) is 87.0 cm³/mol. The van der Waals surface area contributed by atoms with Gasteiger partial charge < -0.3 is 9.73 Å². The van der Waals surface area contributed by atoms with E-state index in [4.69, 9.17) is 16.0 Å². The molecule has 1 aliphatic rings. The summed E-state index contributed by atoms with van der Waals surface area (Å²) in [6.45, 7) is 0.633. The van der Waals surface area contributed by atoms with Crippen LogP contribution in [0.5, 0.6) is 0 Å². The van der Waals surface area contributed by atoms with Crippen molar-refractivity contribution in [3.05, 3.63) is 59.0 Å². The van der Waals surface area contributed by atoms with Crippen molar-refractivity contribution in [2.24, 2.45) is 0 Å². The average Bonchev–Trinajstić information content (AvgIpc) is 3.20. The Kier molecular flexibility index (Phi) is 4.53. The lowest BCUT2D eigenvalue weighted by Crippen LogP contribution is -2.43. The number of amides is 1. The number of benzene rings is 1. The van der Waals surface area contributed by atoms with Gasteiger partial charge in [0.1, 0.15) is 0 Å². The summed E-state index contributed by atoms with van der Waals surface area (Å²) in [4.78, 5) is 12.8. The quantitative estimate of drug-likeness (QED) is 0.902. The lowest BCUT2D eigenvalue weighted by molar-refractivity contribution is -0.126. The van der Waals surface area contributed by atoms with Crippen molar-refractivity contribution >= 4 is 17.5 Å². The molecule has 0 atom stereocenters. The highest BCUT2D eigenvalue weighted by Crippen LogP contribution is 2.41. The van der Waals surface area contributed by atoms with E-state index in [-0.39, 0.29) is 11.3 Å². The summed E-state index contributed by atoms with van der Waals surface area (Å²) in [6.07, 6.45) is 8.17. The molecule has 1 aliphatic carbocycles. The van der Waals surface area contributed by atoms with Gasteiger partial charge in [0.05, 0.1) is 17.9 Å². The molecule has 1 N–H and O–H groups in total. The van der Waals surface area contributed by atoms with Crippen molar-refractivity contribution in [3.63, 3.8) is 0 Å². The summed E-state index contributed by atoms with van der Waals surface area (Å²) in [6, 6.07) is 9.65. The van der Waals surface area contributed by atoms with Gasteiger partial charge >= 0.3 is 0 Å². The van der Waals surface area contributed by atoms with E-state index in [1.54, 1.807) is 12.5 Å². The van der Waals surface area contributed by atoms with Crippen LogP contribution in [0.1, 0.15) is 36.8 Å². The minimum atomic E-state index is -0.388. The molecule has 116 valence electrons. The molecular weight excluding hydrogens is 298 g/mol. The van der Waals surface area contributed by atoms with E-state index in [0.29, 0.717) is 11.6 Å². The zero-order valence-corrected chi connectivity index (χ0v) is 13.2. The van der Waals surface area contributed by atoms with Gasteiger partial charge in [-0.15, -0.1) is 0 Å². The van der Waals surface area contributed by atoms with Crippen LogP contribution >= 0.6 is 11.6 Å². The van der Waals surface area contributed by atoms with Crippen molar-refractivity contribution < 1.29 is 9.21 Å². The van der Waals surface area contributed by atoms with Crippen molar-refractivity contribution in [1.82, 2.24) is 5.32 Å². The van der Waals surface area contributed by atoms with Gasteiger partial charge in [-0.05, 0) is 48.6 Å². The Labute approximate surface area is 135 Å². The highest BCUT2D eigenvalue weighted by molar-refractivity contribution is 6.30. The first-order valence-corrected chi connectivity index (χ1v) is 8.14. The fourth-order valence-corrected chi connectivity index (χ4v) is 3.44. The van der Waals surface area contributed by atoms with Crippen LogP contribution in [0.4, 0.5) is 0 Å². The van der Waals surface area contributed by atoms with Crippen LogP contribution in [0.25, 0.3) is 0 Å². The third-order valence-electron chi connectivity index (χ3n) is 4.57. The zero-order chi connectivity index (χ0) is 15.4. The molecule has 0 bridgehead atoms. The number of hydrogen-bond acceptors (Lipinski definition) is 2. The van der Waals surface area contributed by atoms with E-state index in [2.05, 4.69) is 5.32 Å². The standard InChI is InChI=1S/C18H20ClNO2/c19-16-5-3-15(4-6-16)18(9-1-2-10-18)17(21)20-11-7-14-8-12-22-13-14/h3-6,8,12-13H,1-2,7,9-11H2,(H,20,21). The zero-order valence-electron chi connectivity index (χ0n) is 12.5. The fourth-order valence-electron chi connectivity index (χ4n) is 3.32. The van der Waals surface area contributed by atoms with Gasteiger partial charge in [0.15, 0.2) is 0 Å². The number of carbonyl (C=O) groups excluding carboxylic acids is 1. The van der Waals surface area contributed by atoms with Crippen molar-refractivity contribution in [3.8, 4) is 0 Å². The van der Waals surface area contributed by atoms with Gasteiger partial charge in [-0.25, -0.2) is 0 Å². The molecule has 0 radical (unpaired) electrons. The number of furan rings is 1. The second-order valence-corrected chi connectivity index (χ2v) is 6.37. The van der Waals surface area contributed by atoms with Crippen LogP contribution in [0, 0.1) is 0 Å². The maximum absolute atomic E-state index is 12.8. The Balaban J connectivity index is 1.70. The lowest BCUT2D eigenvalue weighted by Gasteiger charge is -2.28. The third kappa shape index (κ3) is 3.05. The second-order valence-electron chi connectivity index (χ2n) is 5.93. The van der Waals surface area contributed by atoms with E-state index in [0.717, 1.165) is 43.2 Å². The minimum Gasteiger partial charge on any atom is -0.472 e. The number of hydrogen-bond donors (Lipinski definition) is 1. The Morgan fingerprint density at radius 1 is 1.18 bits per heavy atom. The highest BCUT2D eigenvalue weighted by atomic mass is 35.5. The molecule has 1 saturated carbocycles. The van der Waals surface area contributed by atoms with E-state index >= 15 is 0 Å². The minimum absolute atomic E-state index is 0.135. The van der Waals surface area contributed by atoms with E-state index in [1.165, 1.54) is 0 Å². The van der Waals surface area contributed by atoms with Crippen molar-refractivity contribution in [1.29, 1.82) is 0 Å². The summed E-state index contributed by atoms with van der Waals surface area (Å²) >= 11 is 5.97. The summed E-state index contributed by atoms with van der Waals surface area (Å²) < 4.78 is 5.05. The Bertz CT molecular complexity index is 613. The predicted octanol–water partition coefficient (Wildman–Crippen LogP) is 4.10. The normalized spacial score (nSPS) is 16.6. The fraction of sp³-hybridized carbons (Fsp3) is 0.389. The smallest absolute Gasteiger partial charge is 0.230 e. The van der Waals surface area contributed by atoms with Gasteiger partial charge in [-0.2, -0.15) is 0 Å². The van der Waals surface area contributed by atoms with Crippen molar-refractivity contribution in [2.75, 3.05) is 6.54 Å². The first kappa shape index (κ1) is 15.2. The van der Waals surface area contributed by atoms with Gasteiger partial charge in [0.2, 0.25) is 5.91 Å². The van der Waals surface area contributed by atoms with Crippen LogP contribution in [0.2, 0.25) is 5.02 Å². The molecule has 0 saturated heterocycles. The van der Waals surface area contributed by atoms with Gasteiger partial charge in [-0.1, -0.05) is 36.6 Å². The monoisotopic (exact) mass is 317 g/mol. The molecule has 1 aromatic carbocycles. The summed E-state index contributed by atoms with van der Waals surface area (Å²) in [5, 5.41) is 3.81. The molecule has 0 unspecified atom stereocenters. The Morgan fingerprint density at radius 2 is 1.91 bits per heavy atom. The molecule has 3 rings (SSSR count). The maximum Gasteiger partial charge on any atom is 0.230 e. The molecule has 0 spiro atoms. The molecule has 1 heterocycles. The van der Waals surface area contributed by atoms with Crippen LogP contribution < -0.4 is 5.32 Å². The van der Waals surface area contributed by atoms with Gasteiger partial charge in [0, 0.05) is 11.6 Å².